The van der Waals surface area contributed by atoms with Gasteiger partial charge in [-0.2, -0.15) is 0 Å². The first-order chi connectivity index (χ1) is 12.6. The minimum Gasteiger partial charge on any atom is -0.497 e. The number of unbranched alkanes of at least 4 members (excludes halogenated alkanes) is 1. The SMILES string of the molecule is COc1ccc2c(c1)CC[C@H]1[C@@H]3[C@@H](CCCCN)CC(=O)[C@@]3(C)CC[C@H]21. The van der Waals surface area contributed by atoms with Crippen LogP contribution < -0.4 is 10.5 Å². The van der Waals surface area contributed by atoms with Crippen LogP contribution in [0, 0.1) is 23.2 Å². The van der Waals surface area contributed by atoms with Crippen molar-refractivity contribution in [2.24, 2.45) is 28.9 Å². The third-order valence-corrected chi connectivity index (χ3v) is 7.81. The Hall–Kier alpha value is -1.35. The monoisotopic (exact) mass is 355 g/mol. The minimum absolute atomic E-state index is 0.0709. The van der Waals surface area contributed by atoms with Gasteiger partial charge in [-0.1, -0.05) is 19.4 Å². The van der Waals surface area contributed by atoms with Gasteiger partial charge in [0, 0.05) is 11.8 Å². The number of benzene rings is 1. The van der Waals surface area contributed by atoms with Crippen molar-refractivity contribution in [2.45, 2.75) is 64.2 Å². The van der Waals surface area contributed by atoms with Crippen molar-refractivity contribution < 1.29 is 9.53 Å². The second-order valence-corrected chi connectivity index (χ2v) is 9.03. The molecule has 2 N–H and O–H groups in total. The summed E-state index contributed by atoms with van der Waals surface area (Å²) in [5.41, 5.74) is 8.64. The molecule has 5 atom stereocenters. The summed E-state index contributed by atoms with van der Waals surface area (Å²) in [6.45, 7) is 3.05. The second kappa shape index (κ2) is 6.99. The highest BCUT2D eigenvalue weighted by atomic mass is 16.5. The van der Waals surface area contributed by atoms with Crippen LogP contribution in [0.2, 0.25) is 0 Å². The summed E-state index contributed by atoms with van der Waals surface area (Å²) in [4.78, 5) is 12.9. The van der Waals surface area contributed by atoms with Crippen molar-refractivity contribution in [3.63, 3.8) is 0 Å². The van der Waals surface area contributed by atoms with Crippen molar-refractivity contribution in [1.82, 2.24) is 0 Å². The molecule has 0 bridgehead atoms. The van der Waals surface area contributed by atoms with E-state index in [1.165, 1.54) is 30.4 Å². The van der Waals surface area contributed by atoms with E-state index in [-0.39, 0.29) is 5.41 Å². The maximum Gasteiger partial charge on any atom is 0.139 e. The molecule has 0 aliphatic heterocycles. The number of fused-ring (bicyclic) bond motifs is 5. The Morgan fingerprint density at radius 1 is 1.27 bits per heavy atom. The number of hydrogen-bond acceptors (Lipinski definition) is 3. The molecule has 4 rings (SSSR count). The number of ether oxygens (including phenoxy) is 1. The maximum absolute atomic E-state index is 12.9. The largest absolute Gasteiger partial charge is 0.497 e. The molecule has 3 heteroatoms. The van der Waals surface area contributed by atoms with Gasteiger partial charge in [-0.3, -0.25) is 4.79 Å². The van der Waals surface area contributed by atoms with E-state index in [1.54, 1.807) is 7.11 Å². The van der Waals surface area contributed by atoms with Crippen molar-refractivity contribution in [3.8, 4) is 5.75 Å². The Bertz CT molecular complexity index is 685. The van der Waals surface area contributed by atoms with Gasteiger partial charge in [0.05, 0.1) is 7.11 Å². The van der Waals surface area contributed by atoms with E-state index in [0.717, 1.165) is 44.4 Å². The fourth-order valence-corrected chi connectivity index (χ4v) is 6.56. The zero-order valence-corrected chi connectivity index (χ0v) is 16.3. The van der Waals surface area contributed by atoms with Crippen molar-refractivity contribution >= 4 is 5.78 Å². The lowest BCUT2D eigenvalue weighted by atomic mass is 9.54. The van der Waals surface area contributed by atoms with E-state index in [2.05, 4.69) is 25.1 Å². The number of Topliss-reactive ketones (excluding diaryl/α,β-unsaturated/α-hetero) is 1. The van der Waals surface area contributed by atoms with Gasteiger partial charge in [0.25, 0.3) is 0 Å². The Labute approximate surface area is 157 Å². The molecule has 2 saturated carbocycles. The third-order valence-electron chi connectivity index (χ3n) is 7.81. The molecule has 0 spiro atoms. The summed E-state index contributed by atoms with van der Waals surface area (Å²) in [6, 6.07) is 6.65. The number of aryl methyl sites for hydroxylation is 1. The van der Waals surface area contributed by atoms with Crippen molar-refractivity contribution in [3.05, 3.63) is 29.3 Å². The topological polar surface area (TPSA) is 52.3 Å². The van der Waals surface area contributed by atoms with E-state index in [1.807, 2.05) is 0 Å². The zero-order chi connectivity index (χ0) is 18.3. The number of methoxy groups -OCH3 is 1. The highest BCUT2D eigenvalue weighted by Gasteiger charge is 2.58. The molecule has 3 nitrogen and oxygen atoms in total. The lowest BCUT2D eigenvalue weighted by Gasteiger charge is -2.50. The molecule has 2 fully saturated rings. The molecular weight excluding hydrogens is 322 g/mol. The molecule has 3 aliphatic carbocycles. The average Bonchev–Trinajstić information content (AvgIpc) is 2.91. The van der Waals surface area contributed by atoms with Crippen LogP contribution in [0.15, 0.2) is 18.2 Å². The summed E-state index contributed by atoms with van der Waals surface area (Å²) in [5, 5.41) is 0. The summed E-state index contributed by atoms with van der Waals surface area (Å²) >= 11 is 0. The zero-order valence-electron chi connectivity index (χ0n) is 16.3. The highest BCUT2D eigenvalue weighted by Crippen LogP contribution is 2.62. The number of nitrogens with two attached hydrogens (primary N) is 1. The number of ketones is 1. The van der Waals surface area contributed by atoms with Crippen LogP contribution >= 0.6 is 0 Å². The molecule has 0 unspecified atom stereocenters. The number of hydrogen-bond donors (Lipinski definition) is 1. The van der Waals surface area contributed by atoms with Crippen molar-refractivity contribution in [2.75, 3.05) is 13.7 Å². The van der Waals surface area contributed by atoms with Crippen LogP contribution in [-0.2, 0) is 11.2 Å². The molecular formula is C23H33NO2. The van der Waals surface area contributed by atoms with E-state index >= 15 is 0 Å². The highest BCUT2D eigenvalue weighted by molar-refractivity contribution is 5.87. The normalized spacial score (nSPS) is 35.6. The Balaban J connectivity index is 1.62. The first-order valence-corrected chi connectivity index (χ1v) is 10.5. The lowest BCUT2D eigenvalue weighted by Crippen LogP contribution is -2.44. The molecule has 1 aromatic rings. The molecule has 1 aromatic carbocycles. The van der Waals surface area contributed by atoms with E-state index < -0.39 is 0 Å². The van der Waals surface area contributed by atoms with Gasteiger partial charge >= 0.3 is 0 Å². The third kappa shape index (κ3) is 2.79. The molecule has 0 heterocycles. The molecule has 26 heavy (non-hydrogen) atoms. The van der Waals surface area contributed by atoms with Crippen molar-refractivity contribution in [1.29, 1.82) is 0 Å². The Kier molecular flexibility index (Phi) is 4.85. The quantitative estimate of drug-likeness (QED) is 0.793. The standard InChI is InChI=1S/C23H33NO2/c1-23-11-10-19-18-9-7-17(26-2)13-15(18)6-8-20(19)22(23)16(14-21(23)25)5-3-4-12-24/h7,9,13,16,19-20,22H,3-6,8,10-12,14,24H2,1-2H3/t16-,19+,20+,22-,23+/m0/s1. The smallest absolute Gasteiger partial charge is 0.139 e. The van der Waals surface area contributed by atoms with Crippen LogP contribution in [0.5, 0.6) is 5.75 Å². The first kappa shape index (κ1) is 18.0. The molecule has 0 aromatic heterocycles. The van der Waals surface area contributed by atoms with E-state index in [9.17, 15) is 4.79 Å². The predicted octanol–water partition coefficient (Wildman–Crippen LogP) is 4.48. The van der Waals surface area contributed by atoms with Gasteiger partial charge in [0.2, 0.25) is 0 Å². The summed E-state index contributed by atoms with van der Waals surface area (Å²) in [7, 11) is 1.75. The van der Waals surface area contributed by atoms with Crippen LogP contribution in [0.25, 0.3) is 0 Å². The molecule has 3 aliphatic rings. The van der Waals surface area contributed by atoms with Gasteiger partial charge in [-0.15, -0.1) is 0 Å². The number of rotatable bonds is 5. The summed E-state index contributed by atoms with van der Waals surface area (Å²) < 4.78 is 5.43. The van der Waals surface area contributed by atoms with Crippen LogP contribution in [-0.4, -0.2) is 19.4 Å². The van der Waals surface area contributed by atoms with Crippen LogP contribution in [0.4, 0.5) is 0 Å². The van der Waals surface area contributed by atoms with Crippen LogP contribution in [0.1, 0.15) is 68.9 Å². The van der Waals surface area contributed by atoms with Gasteiger partial charge in [0.15, 0.2) is 0 Å². The van der Waals surface area contributed by atoms with Gasteiger partial charge in [-0.05, 0) is 92.0 Å². The second-order valence-electron chi connectivity index (χ2n) is 9.03. The molecule has 142 valence electrons. The molecule has 0 saturated heterocycles. The average molecular weight is 356 g/mol. The first-order valence-electron chi connectivity index (χ1n) is 10.5. The fraction of sp³-hybridized carbons (Fsp3) is 0.696. The van der Waals surface area contributed by atoms with Gasteiger partial charge < -0.3 is 10.5 Å². The number of carbonyl (C=O) groups excluding carboxylic acids is 1. The predicted molar refractivity (Wildman–Crippen MR) is 104 cm³/mol. The van der Waals surface area contributed by atoms with E-state index in [0.29, 0.717) is 29.5 Å². The summed E-state index contributed by atoms with van der Waals surface area (Å²) in [5.74, 6) is 3.96. The van der Waals surface area contributed by atoms with Crippen LogP contribution in [0.3, 0.4) is 0 Å². The van der Waals surface area contributed by atoms with Gasteiger partial charge in [0.1, 0.15) is 11.5 Å². The van der Waals surface area contributed by atoms with E-state index in [4.69, 9.17) is 10.5 Å². The molecule has 0 radical (unpaired) electrons. The summed E-state index contributed by atoms with van der Waals surface area (Å²) in [6.07, 6.45) is 8.84. The maximum atomic E-state index is 12.9. The lowest BCUT2D eigenvalue weighted by molar-refractivity contribution is -0.129. The van der Waals surface area contributed by atoms with Gasteiger partial charge in [-0.25, -0.2) is 0 Å². The molecule has 0 amide bonds. The fourth-order valence-electron chi connectivity index (χ4n) is 6.56. The number of carbonyl (C=O) groups is 1. The Morgan fingerprint density at radius 2 is 2.12 bits per heavy atom. The minimum atomic E-state index is -0.0709. The Morgan fingerprint density at radius 3 is 2.88 bits per heavy atom.